The summed E-state index contributed by atoms with van der Waals surface area (Å²) in [6.45, 7) is -0.219. The number of halogens is 3. The molecule has 1 unspecified atom stereocenters. The highest BCUT2D eigenvalue weighted by molar-refractivity contribution is 9.10. The van der Waals surface area contributed by atoms with Gasteiger partial charge in [-0.25, -0.2) is 8.78 Å². The maximum absolute atomic E-state index is 12.3. The highest BCUT2D eigenvalue weighted by atomic mass is 79.9. The van der Waals surface area contributed by atoms with Crippen LogP contribution in [0.2, 0.25) is 0 Å². The molecular weight excluding hydrogens is 322 g/mol. The smallest absolute Gasteiger partial charge is 0.250 e. The quantitative estimate of drug-likeness (QED) is 0.801. The van der Waals surface area contributed by atoms with Gasteiger partial charge in [0.25, 0.3) is 6.43 Å². The van der Waals surface area contributed by atoms with Crippen LogP contribution in [0.5, 0.6) is 11.5 Å². The van der Waals surface area contributed by atoms with Gasteiger partial charge in [0, 0.05) is 17.1 Å². The van der Waals surface area contributed by atoms with E-state index in [1.54, 1.807) is 12.1 Å². The Hall–Kier alpha value is -0.920. The van der Waals surface area contributed by atoms with Crippen LogP contribution in [0, 0.1) is 0 Å². The molecule has 1 aromatic carbocycles. The van der Waals surface area contributed by atoms with Crippen molar-refractivity contribution in [2.75, 3.05) is 27.3 Å². The Balaban J connectivity index is 3.02. The van der Waals surface area contributed by atoms with Crippen LogP contribution >= 0.6 is 15.9 Å². The summed E-state index contributed by atoms with van der Waals surface area (Å²) in [6.07, 6.45) is -2.42. The van der Waals surface area contributed by atoms with Crippen LogP contribution in [-0.2, 0) is 0 Å². The second-order valence-corrected chi connectivity index (χ2v) is 4.67. The zero-order chi connectivity index (χ0) is 14.4. The monoisotopic (exact) mass is 338 g/mol. The van der Waals surface area contributed by atoms with Crippen molar-refractivity contribution in [3.8, 4) is 11.5 Å². The van der Waals surface area contributed by atoms with Gasteiger partial charge in [-0.1, -0.05) is 15.9 Å². The number of nitrogens with two attached hydrogens (primary N) is 1. The van der Waals surface area contributed by atoms with Gasteiger partial charge in [-0.15, -0.1) is 0 Å². The van der Waals surface area contributed by atoms with E-state index in [9.17, 15) is 8.78 Å². The molecule has 1 atom stereocenters. The molecule has 1 aromatic rings. The molecule has 108 valence electrons. The molecule has 0 bridgehead atoms. The van der Waals surface area contributed by atoms with Crippen LogP contribution in [0.4, 0.5) is 8.78 Å². The summed E-state index contributed by atoms with van der Waals surface area (Å²) in [7, 11) is 3.04. The summed E-state index contributed by atoms with van der Waals surface area (Å²) in [5.74, 6) is 1.08. The van der Waals surface area contributed by atoms with E-state index in [-0.39, 0.29) is 12.6 Å². The molecule has 3 N–H and O–H groups in total. The molecule has 0 fully saturated rings. The van der Waals surface area contributed by atoms with Gasteiger partial charge in [0.1, 0.15) is 0 Å². The van der Waals surface area contributed by atoms with Crippen molar-refractivity contribution >= 4 is 15.9 Å². The first-order valence-corrected chi connectivity index (χ1v) is 6.45. The fraction of sp³-hybridized carbons (Fsp3) is 0.500. The normalized spacial score (nSPS) is 12.6. The van der Waals surface area contributed by atoms with Crippen molar-refractivity contribution in [3.63, 3.8) is 0 Å². The van der Waals surface area contributed by atoms with Crippen LogP contribution in [0.15, 0.2) is 16.6 Å². The summed E-state index contributed by atoms with van der Waals surface area (Å²) in [5.41, 5.74) is 6.37. The Bertz CT molecular complexity index is 419. The molecule has 0 aliphatic heterocycles. The zero-order valence-corrected chi connectivity index (χ0v) is 12.3. The number of nitrogens with one attached hydrogen (secondary N) is 1. The predicted octanol–water partition coefficient (Wildman–Crippen LogP) is 2.32. The average Bonchev–Trinajstić information content (AvgIpc) is 2.40. The van der Waals surface area contributed by atoms with Crippen LogP contribution in [-0.4, -0.2) is 33.7 Å². The third-order valence-corrected chi connectivity index (χ3v) is 3.32. The molecule has 0 radical (unpaired) electrons. The molecule has 0 saturated heterocycles. The highest BCUT2D eigenvalue weighted by Gasteiger charge is 2.18. The summed E-state index contributed by atoms with van der Waals surface area (Å²) in [4.78, 5) is 0. The van der Waals surface area contributed by atoms with Gasteiger partial charge in [0.15, 0.2) is 11.5 Å². The minimum atomic E-state index is -2.42. The predicted molar refractivity (Wildman–Crippen MR) is 73.0 cm³/mol. The fourth-order valence-electron chi connectivity index (χ4n) is 1.69. The number of hydrogen-bond donors (Lipinski definition) is 2. The molecule has 7 heteroatoms. The van der Waals surface area contributed by atoms with E-state index in [4.69, 9.17) is 15.2 Å². The van der Waals surface area contributed by atoms with Crippen molar-refractivity contribution in [3.05, 3.63) is 22.2 Å². The Morgan fingerprint density at radius 3 is 2.32 bits per heavy atom. The maximum atomic E-state index is 12.3. The van der Waals surface area contributed by atoms with Crippen LogP contribution in [0.25, 0.3) is 0 Å². The van der Waals surface area contributed by atoms with Crippen molar-refractivity contribution in [1.29, 1.82) is 0 Å². The molecule has 0 amide bonds. The van der Waals surface area contributed by atoms with Crippen molar-refractivity contribution in [2.45, 2.75) is 12.5 Å². The lowest BCUT2D eigenvalue weighted by molar-refractivity contribution is 0.141. The number of benzene rings is 1. The van der Waals surface area contributed by atoms with Gasteiger partial charge in [0.05, 0.1) is 20.8 Å². The molecule has 0 saturated carbocycles. The summed E-state index contributed by atoms with van der Waals surface area (Å²) in [5, 5.41) is 2.71. The molecule has 0 heterocycles. The number of alkyl halides is 2. The topological polar surface area (TPSA) is 56.5 Å². The summed E-state index contributed by atoms with van der Waals surface area (Å²) >= 11 is 3.38. The van der Waals surface area contributed by atoms with Gasteiger partial charge < -0.3 is 20.5 Å². The van der Waals surface area contributed by atoms with Crippen LogP contribution < -0.4 is 20.5 Å². The third kappa shape index (κ3) is 4.29. The molecule has 1 rings (SSSR count). The molecular formula is C12H17BrF2N2O2. The number of ether oxygens (including phenoxy) is 2. The van der Waals surface area contributed by atoms with E-state index < -0.39 is 13.0 Å². The Labute approximate surface area is 119 Å². The second kappa shape index (κ2) is 7.62. The standard InChI is InChI=1S/C12H17BrF2N2O2/c1-18-10-3-7(8(13)4-11(10)19-2)9(5-16)17-6-12(14)15/h3-4,9,12,17H,5-6,16H2,1-2H3. The Morgan fingerprint density at radius 1 is 1.26 bits per heavy atom. The first-order chi connectivity index (χ1) is 9.03. The van der Waals surface area contributed by atoms with E-state index in [0.29, 0.717) is 11.5 Å². The number of methoxy groups -OCH3 is 2. The first kappa shape index (κ1) is 16.1. The SMILES string of the molecule is COc1cc(Br)c(C(CN)NCC(F)F)cc1OC. The Morgan fingerprint density at radius 2 is 1.84 bits per heavy atom. The highest BCUT2D eigenvalue weighted by Crippen LogP contribution is 2.35. The fourth-order valence-corrected chi connectivity index (χ4v) is 2.29. The van der Waals surface area contributed by atoms with Gasteiger partial charge >= 0.3 is 0 Å². The minimum absolute atomic E-state index is 0.195. The van der Waals surface area contributed by atoms with Crippen LogP contribution in [0.3, 0.4) is 0 Å². The summed E-state index contributed by atoms with van der Waals surface area (Å²) in [6, 6.07) is 3.06. The molecule has 0 aliphatic rings. The number of rotatable bonds is 7. The van der Waals surface area contributed by atoms with Gasteiger partial charge in [0.2, 0.25) is 0 Å². The van der Waals surface area contributed by atoms with Crippen molar-refractivity contribution < 1.29 is 18.3 Å². The Kier molecular flexibility index (Phi) is 6.47. The molecule has 19 heavy (non-hydrogen) atoms. The molecule has 4 nitrogen and oxygen atoms in total. The van der Waals surface area contributed by atoms with Crippen LogP contribution in [0.1, 0.15) is 11.6 Å². The van der Waals surface area contributed by atoms with E-state index in [1.165, 1.54) is 14.2 Å². The van der Waals surface area contributed by atoms with Crippen molar-refractivity contribution in [1.82, 2.24) is 5.32 Å². The molecule has 0 spiro atoms. The van der Waals surface area contributed by atoms with E-state index >= 15 is 0 Å². The van der Waals surface area contributed by atoms with Gasteiger partial charge in [-0.05, 0) is 17.7 Å². The number of hydrogen-bond acceptors (Lipinski definition) is 4. The maximum Gasteiger partial charge on any atom is 0.250 e. The lowest BCUT2D eigenvalue weighted by Gasteiger charge is -2.20. The lowest BCUT2D eigenvalue weighted by Crippen LogP contribution is -2.32. The third-order valence-electron chi connectivity index (χ3n) is 2.63. The minimum Gasteiger partial charge on any atom is -0.493 e. The molecule has 0 aromatic heterocycles. The van der Waals surface area contributed by atoms with Gasteiger partial charge in [-0.2, -0.15) is 0 Å². The van der Waals surface area contributed by atoms with E-state index in [0.717, 1.165) is 10.0 Å². The first-order valence-electron chi connectivity index (χ1n) is 5.66. The largest absolute Gasteiger partial charge is 0.493 e. The second-order valence-electron chi connectivity index (χ2n) is 3.82. The van der Waals surface area contributed by atoms with E-state index in [2.05, 4.69) is 21.2 Å². The average molecular weight is 339 g/mol. The lowest BCUT2D eigenvalue weighted by atomic mass is 10.1. The van der Waals surface area contributed by atoms with E-state index in [1.807, 2.05) is 0 Å². The molecule has 0 aliphatic carbocycles. The summed E-state index contributed by atoms with van der Waals surface area (Å²) < 4.78 is 35.6. The van der Waals surface area contributed by atoms with Gasteiger partial charge in [-0.3, -0.25) is 0 Å². The van der Waals surface area contributed by atoms with Crippen molar-refractivity contribution in [2.24, 2.45) is 5.73 Å². The zero-order valence-electron chi connectivity index (χ0n) is 10.8.